The van der Waals surface area contributed by atoms with Gasteiger partial charge < -0.3 is 14.7 Å². The predicted octanol–water partition coefficient (Wildman–Crippen LogP) is 2.85. The summed E-state index contributed by atoms with van der Waals surface area (Å²) < 4.78 is 5.63. The third-order valence-corrected chi connectivity index (χ3v) is 5.12. The molecule has 1 atom stereocenters. The average molecular weight is 381 g/mol. The molecule has 0 saturated carbocycles. The number of ether oxygens (including phenoxy) is 1. The number of likely N-dealkylation sites (tertiary alicyclic amines) is 1. The molecule has 1 aromatic carbocycles. The van der Waals surface area contributed by atoms with Gasteiger partial charge in [0.05, 0.1) is 18.0 Å². The zero-order valence-electron chi connectivity index (χ0n) is 13.4. The Morgan fingerprint density at radius 1 is 1.36 bits per heavy atom. The fourth-order valence-corrected chi connectivity index (χ4v) is 3.46. The Hall–Kier alpha value is -2.12. The monoisotopic (exact) mass is 380 g/mol. The molecule has 0 aliphatic carbocycles. The Bertz CT molecular complexity index is 762. The quantitative estimate of drug-likeness (QED) is 0.833. The Morgan fingerprint density at radius 3 is 2.80 bits per heavy atom. The molecule has 1 saturated heterocycles. The smallest absolute Gasteiger partial charge is 0.308 e. The average Bonchev–Trinajstić information content (AvgIpc) is 3.24. The second-order valence-corrected chi connectivity index (χ2v) is 7.19. The number of aliphatic carboxylic acids is 1. The Kier molecular flexibility index (Phi) is 5.55. The van der Waals surface area contributed by atoms with Gasteiger partial charge in [-0.25, -0.2) is 4.98 Å². The van der Waals surface area contributed by atoms with Crippen LogP contribution in [-0.2, 0) is 22.6 Å². The SMILES string of the molecule is O=C(O)C1CCN(C(=O)Cc2csc(COc3ccc(Cl)cc3)n2)C1. The van der Waals surface area contributed by atoms with Gasteiger partial charge >= 0.3 is 5.97 Å². The van der Waals surface area contributed by atoms with Crippen molar-refractivity contribution in [3.8, 4) is 5.75 Å². The van der Waals surface area contributed by atoms with Crippen LogP contribution >= 0.6 is 22.9 Å². The lowest BCUT2D eigenvalue weighted by Crippen LogP contribution is -2.31. The van der Waals surface area contributed by atoms with Crippen LogP contribution < -0.4 is 4.74 Å². The fourth-order valence-electron chi connectivity index (χ4n) is 2.63. The molecule has 1 amide bonds. The fraction of sp³-hybridized carbons (Fsp3) is 0.353. The Balaban J connectivity index is 1.50. The van der Waals surface area contributed by atoms with Gasteiger partial charge in [-0.2, -0.15) is 0 Å². The predicted molar refractivity (Wildman–Crippen MR) is 93.9 cm³/mol. The number of hydrogen-bond donors (Lipinski definition) is 1. The molecule has 2 heterocycles. The van der Waals surface area contributed by atoms with Crippen LogP contribution in [0.25, 0.3) is 0 Å². The molecule has 1 aliphatic heterocycles. The Morgan fingerprint density at radius 2 is 2.12 bits per heavy atom. The maximum atomic E-state index is 12.3. The second kappa shape index (κ2) is 7.84. The first kappa shape index (κ1) is 17.7. The third kappa shape index (κ3) is 4.70. The van der Waals surface area contributed by atoms with E-state index in [1.54, 1.807) is 29.2 Å². The maximum Gasteiger partial charge on any atom is 0.308 e. The highest BCUT2D eigenvalue weighted by molar-refractivity contribution is 7.09. The summed E-state index contributed by atoms with van der Waals surface area (Å²) in [5.74, 6) is -0.679. The first-order valence-electron chi connectivity index (χ1n) is 7.83. The van der Waals surface area contributed by atoms with E-state index in [9.17, 15) is 9.59 Å². The number of carboxylic acids is 1. The summed E-state index contributed by atoms with van der Waals surface area (Å²) in [6.45, 7) is 1.10. The molecule has 1 aliphatic rings. The lowest BCUT2D eigenvalue weighted by Gasteiger charge is -2.14. The molecule has 1 N–H and O–H groups in total. The molecular weight excluding hydrogens is 364 g/mol. The van der Waals surface area contributed by atoms with Crippen molar-refractivity contribution in [3.05, 3.63) is 45.4 Å². The van der Waals surface area contributed by atoms with Gasteiger partial charge in [0.25, 0.3) is 0 Å². The first-order valence-corrected chi connectivity index (χ1v) is 9.09. The zero-order valence-corrected chi connectivity index (χ0v) is 14.9. The molecule has 1 unspecified atom stereocenters. The summed E-state index contributed by atoms with van der Waals surface area (Å²) >= 11 is 7.26. The van der Waals surface area contributed by atoms with Crippen molar-refractivity contribution in [1.29, 1.82) is 0 Å². The number of hydrogen-bond acceptors (Lipinski definition) is 5. The van der Waals surface area contributed by atoms with Gasteiger partial charge in [0.1, 0.15) is 17.4 Å². The van der Waals surface area contributed by atoms with Crippen LogP contribution in [0.2, 0.25) is 5.02 Å². The van der Waals surface area contributed by atoms with Crippen molar-refractivity contribution in [2.45, 2.75) is 19.4 Å². The number of carbonyl (C=O) groups is 2. The van der Waals surface area contributed by atoms with Crippen molar-refractivity contribution in [2.75, 3.05) is 13.1 Å². The molecule has 1 fully saturated rings. The standard InChI is InChI=1S/C17H17ClN2O4S/c18-12-1-3-14(4-2-12)24-9-15-19-13(10-25-15)7-16(21)20-6-5-11(8-20)17(22)23/h1-4,10-11H,5-9H2,(H,22,23). The van der Waals surface area contributed by atoms with Crippen LogP contribution in [0.15, 0.2) is 29.6 Å². The minimum atomic E-state index is -0.842. The van der Waals surface area contributed by atoms with Crippen LogP contribution in [0.1, 0.15) is 17.1 Å². The van der Waals surface area contributed by atoms with E-state index >= 15 is 0 Å². The number of carbonyl (C=O) groups excluding carboxylic acids is 1. The number of halogens is 1. The molecule has 8 heteroatoms. The van der Waals surface area contributed by atoms with E-state index in [4.69, 9.17) is 21.4 Å². The van der Waals surface area contributed by atoms with E-state index in [1.807, 2.05) is 5.38 Å². The number of nitrogens with zero attached hydrogens (tertiary/aromatic N) is 2. The summed E-state index contributed by atoms with van der Waals surface area (Å²) in [5.41, 5.74) is 0.684. The summed E-state index contributed by atoms with van der Waals surface area (Å²) in [6.07, 6.45) is 0.697. The number of thiazole rings is 1. The van der Waals surface area contributed by atoms with Crippen LogP contribution in [-0.4, -0.2) is 40.0 Å². The number of amides is 1. The minimum Gasteiger partial charge on any atom is -0.486 e. The van der Waals surface area contributed by atoms with Gasteiger partial charge in [0.15, 0.2) is 0 Å². The molecule has 0 radical (unpaired) electrons. The number of rotatable bonds is 6. The summed E-state index contributed by atoms with van der Waals surface area (Å²) in [7, 11) is 0. The molecule has 25 heavy (non-hydrogen) atoms. The highest BCUT2D eigenvalue weighted by atomic mass is 35.5. The molecule has 0 spiro atoms. The lowest BCUT2D eigenvalue weighted by atomic mass is 10.1. The highest BCUT2D eigenvalue weighted by Crippen LogP contribution is 2.20. The van der Waals surface area contributed by atoms with Crippen molar-refractivity contribution in [2.24, 2.45) is 5.92 Å². The van der Waals surface area contributed by atoms with Crippen molar-refractivity contribution >= 4 is 34.8 Å². The molecule has 6 nitrogen and oxygen atoms in total. The van der Waals surface area contributed by atoms with E-state index in [2.05, 4.69) is 4.98 Å². The van der Waals surface area contributed by atoms with Gasteiger partial charge in [0, 0.05) is 23.5 Å². The van der Waals surface area contributed by atoms with Crippen molar-refractivity contribution in [1.82, 2.24) is 9.88 Å². The van der Waals surface area contributed by atoms with Gasteiger partial charge in [-0.15, -0.1) is 11.3 Å². The van der Waals surface area contributed by atoms with Crippen molar-refractivity contribution < 1.29 is 19.4 Å². The van der Waals surface area contributed by atoms with Gasteiger partial charge in [0.2, 0.25) is 5.91 Å². The molecular formula is C17H17ClN2O4S. The number of aromatic nitrogens is 1. The first-order chi connectivity index (χ1) is 12.0. The molecule has 3 rings (SSSR count). The maximum absolute atomic E-state index is 12.3. The second-order valence-electron chi connectivity index (χ2n) is 5.82. The van der Waals surface area contributed by atoms with E-state index in [1.165, 1.54) is 11.3 Å². The van der Waals surface area contributed by atoms with E-state index in [0.717, 1.165) is 5.01 Å². The minimum absolute atomic E-state index is 0.0841. The molecule has 2 aromatic rings. The van der Waals surface area contributed by atoms with Crippen molar-refractivity contribution in [3.63, 3.8) is 0 Å². The summed E-state index contributed by atoms with van der Waals surface area (Å²) in [5, 5.41) is 12.3. The van der Waals surface area contributed by atoms with E-state index < -0.39 is 11.9 Å². The molecule has 0 bridgehead atoms. The van der Waals surface area contributed by atoms with Gasteiger partial charge in [-0.1, -0.05) is 11.6 Å². The highest BCUT2D eigenvalue weighted by Gasteiger charge is 2.30. The Labute approximate surface area is 154 Å². The van der Waals surface area contributed by atoms with E-state index in [-0.39, 0.29) is 18.9 Å². The topological polar surface area (TPSA) is 79.7 Å². The normalized spacial score (nSPS) is 16.8. The third-order valence-electron chi connectivity index (χ3n) is 4.00. The van der Waals surface area contributed by atoms with Gasteiger partial charge in [-0.3, -0.25) is 9.59 Å². The van der Waals surface area contributed by atoms with Gasteiger partial charge in [-0.05, 0) is 30.7 Å². The number of carboxylic acid groups (broad SMARTS) is 1. The largest absolute Gasteiger partial charge is 0.486 e. The summed E-state index contributed by atoms with van der Waals surface area (Å²) in [4.78, 5) is 29.2. The summed E-state index contributed by atoms with van der Waals surface area (Å²) in [6, 6.07) is 7.08. The number of benzene rings is 1. The van der Waals surface area contributed by atoms with Crippen LogP contribution in [0, 0.1) is 5.92 Å². The molecule has 1 aromatic heterocycles. The van der Waals surface area contributed by atoms with Crippen LogP contribution in [0.4, 0.5) is 0 Å². The van der Waals surface area contributed by atoms with Crippen LogP contribution in [0.5, 0.6) is 5.75 Å². The van der Waals surface area contributed by atoms with E-state index in [0.29, 0.717) is 36.0 Å². The molecule has 132 valence electrons. The van der Waals surface area contributed by atoms with Crippen LogP contribution in [0.3, 0.4) is 0 Å². The zero-order chi connectivity index (χ0) is 17.8. The lowest BCUT2D eigenvalue weighted by molar-refractivity contribution is -0.141.